The normalized spacial score (nSPS) is 11.7. The zero-order valence-electron chi connectivity index (χ0n) is 10.3. The Kier molecular flexibility index (Phi) is 3.12. The Morgan fingerprint density at radius 2 is 2.17 bits per heavy atom. The number of oxazole rings is 1. The summed E-state index contributed by atoms with van der Waals surface area (Å²) in [5, 5.41) is -0.0438. The molecule has 0 fully saturated rings. The summed E-state index contributed by atoms with van der Waals surface area (Å²) in [6, 6.07) is -0.0591. The Hall–Kier alpha value is -1.83. The molecule has 2 aromatic rings. The summed E-state index contributed by atoms with van der Waals surface area (Å²) in [4.78, 5) is 7.78. The Labute approximate surface area is 105 Å². The van der Waals surface area contributed by atoms with Gasteiger partial charge in [-0.25, -0.2) is 14.7 Å². The van der Waals surface area contributed by atoms with E-state index in [0.29, 0.717) is 18.1 Å². The highest BCUT2D eigenvalue weighted by Gasteiger charge is 2.21. The summed E-state index contributed by atoms with van der Waals surface area (Å²) in [5.41, 5.74) is 0. The molecule has 0 saturated heterocycles. The van der Waals surface area contributed by atoms with E-state index < -0.39 is 10.0 Å². The van der Waals surface area contributed by atoms with Crippen molar-refractivity contribution >= 4 is 16.0 Å². The van der Waals surface area contributed by atoms with E-state index in [4.69, 9.17) is 4.42 Å². The van der Waals surface area contributed by atoms with Crippen LogP contribution in [0.3, 0.4) is 0 Å². The topological polar surface area (TPSA) is 90.0 Å². The van der Waals surface area contributed by atoms with E-state index >= 15 is 0 Å². The standard InChI is InChI=1S/C10H14N4O3S/c1-4-14-6-9(12-8(14)3)18(15,16)13-10-11-5-7(2)17-10/h5-6H,4H2,1-3H3,(H,11,13). The number of hydrogen-bond acceptors (Lipinski definition) is 5. The lowest BCUT2D eigenvalue weighted by atomic mass is 10.6. The van der Waals surface area contributed by atoms with Crippen molar-refractivity contribution in [3.8, 4) is 0 Å². The molecule has 2 rings (SSSR count). The van der Waals surface area contributed by atoms with E-state index in [1.807, 2.05) is 6.92 Å². The van der Waals surface area contributed by atoms with Crippen LogP contribution >= 0.6 is 0 Å². The maximum Gasteiger partial charge on any atom is 0.309 e. The molecule has 0 spiro atoms. The van der Waals surface area contributed by atoms with Gasteiger partial charge in [-0.1, -0.05) is 0 Å². The van der Waals surface area contributed by atoms with Crippen LogP contribution in [-0.2, 0) is 16.6 Å². The highest BCUT2D eigenvalue weighted by molar-refractivity contribution is 7.92. The number of rotatable bonds is 4. The average Bonchev–Trinajstić information content (AvgIpc) is 2.84. The van der Waals surface area contributed by atoms with Gasteiger partial charge in [-0.3, -0.25) is 0 Å². The summed E-state index contributed by atoms with van der Waals surface area (Å²) >= 11 is 0. The van der Waals surface area contributed by atoms with Crippen molar-refractivity contribution in [3.63, 3.8) is 0 Å². The molecule has 0 aliphatic heterocycles. The molecular formula is C10H14N4O3S. The van der Waals surface area contributed by atoms with E-state index in [1.165, 1.54) is 12.4 Å². The van der Waals surface area contributed by atoms with Crippen molar-refractivity contribution in [2.24, 2.45) is 0 Å². The maximum absolute atomic E-state index is 12.0. The first-order valence-corrected chi connectivity index (χ1v) is 6.89. The monoisotopic (exact) mass is 270 g/mol. The summed E-state index contributed by atoms with van der Waals surface area (Å²) < 4.78 is 33.1. The number of nitrogens with one attached hydrogen (secondary N) is 1. The molecule has 0 amide bonds. The maximum atomic E-state index is 12.0. The molecule has 0 aliphatic rings. The van der Waals surface area contributed by atoms with Crippen molar-refractivity contribution in [1.29, 1.82) is 0 Å². The van der Waals surface area contributed by atoms with Gasteiger partial charge in [0.15, 0.2) is 5.03 Å². The fourth-order valence-electron chi connectivity index (χ4n) is 1.50. The molecule has 0 aliphatic carbocycles. The third kappa shape index (κ3) is 2.37. The van der Waals surface area contributed by atoms with Gasteiger partial charge in [-0.05, 0) is 20.8 Å². The molecule has 2 aromatic heterocycles. The van der Waals surface area contributed by atoms with Gasteiger partial charge in [0.1, 0.15) is 11.6 Å². The lowest BCUT2D eigenvalue weighted by Crippen LogP contribution is -2.13. The van der Waals surface area contributed by atoms with Gasteiger partial charge in [0.2, 0.25) is 0 Å². The third-order valence-electron chi connectivity index (χ3n) is 2.41. The molecule has 0 aromatic carbocycles. The van der Waals surface area contributed by atoms with Crippen molar-refractivity contribution in [2.75, 3.05) is 4.72 Å². The summed E-state index contributed by atoms with van der Waals surface area (Å²) in [6.45, 7) is 6.00. The smallest absolute Gasteiger partial charge is 0.309 e. The van der Waals surface area contributed by atoms with Gasteiger partial charge in [-0.2, -0.15) is 8.42 Å². The van der Waals surface area contributed by atoms with Crippen molar-refractivity contribution < 1.29 is 12.8 Å². The number of aromatic nitrogens is 3. The minimum absolute atomic E-state index is 0.0438. The predicted octanol–water partition coefficient (Wildman–Crippen LogP) is 1.31. The number of anilines is 1. The van der Waals surface area contributed by atoms with E-state index in [1.54, 1.807) is 18.4 Å². The van der Waals surface area contributed by atoms with Gasteiger partial charge < -0.3 is 8.98 Å². The zero-order valence-corrected chi connectivity index (χ0v) is 11.2. The third-order valence-corrected chi connectivity index (χ3v) is 3.60. The molecule has 8 heteroatoms. The SMILES string of the molecule is CCn1cc(S(=O)(=O)Nc2ncc(C)o2)nc1C. The Balaban J connectivity index is 2.30. The molecule has 98 valence electrons. The summed E-state index contributed by atoms with van der Waals surface area (Å²) in [5.74, 6) is 1.17. The number of imidazole rings is 1. The second-order valence-electron chi connectivity index (χ2n) is 3.79. The molecule has 0 bridgehead atoms. The first-order chi connectivity index (χ1) is 8.42. The van der Waals surface area contributed by atoms with E-state index in [2.05, 4.69) is 14.7 Å². The van der Waals surface area contributed by atoms with Crippen LogP contribution in [0.1, 0.15) is 18.5 Å². The average molecular weight is 270 g/mol. The van der Waals surface area contributed by atoms with Crippen LogP contribution in [0, 0.1) is 13.8 Å². The van der Waals surface area contributed by atoms with E-state index in [-0.39, 0.29) is 11.0 Å². The van der Waals surface area contributed by atoms with Gasteiger partial charge in [0.05, 0.1) is 6.20 Å². The van der Waals surface area contributed by atoms with Crippen LogP contribution < -0.4 is 4.72 Å². The van der Waals surface area contributed by atoms with Crippen LogP contribution in [0.4, 0.5) is 6.01 Å². The Morgan fingerprint density at radius 3 is 2.67 bits per heavy atom. The zero-order chi connectivity index (χ0) is 13.3. The lowest BCUT2D eigenvalue weighted by molar-refractivity contribution is 0.543. The minimum Gasteiger partial charge on any atom is -0.428 e. The number of aryl methyl sites for hydroxylation is 3. The summed E-state index contributed by atoms with van der Waals surface area (Å²) in [7, 11) is -3.75. The second kappa shape index (κ2) is 4.45. The molecule has 2 heterocycles. The predicted molar refractivity (Wildman–Crippen MR) is 64.7 cm³/mol. The quantitative estimate of drug-likeness (QED) is 0.904. The second-order valence-corrected chi connectivity index (χ2v) is 5.42. The molecule has 1 N–H and O–H groups in total. The fourth-order valence-corrected chi connectivity index (χ4v) is 2.45. The number of hydrogen-bond donors (Lipinski definition) is 1. The van der Waals surface area contributed by atoms with Gasteiger partial charge in [0, 0.05) is 12.7 Å². The molecule has 0 unspecified atom stereocenters. The van der Waals surface area contributed by atoms with Crippen molar-refractivity contribution in [2.45, 2.75) is 32.3 Å². The molecule has 0 saturated carbocycles. The molecule has 7 nitrogen and oxygen atoms in total. The molecule has 0 atom stereocenters. The minimum atomic E-state index is -3.75. The largest absolute Gasteiger partial charge is 0.428 e. The van der Waals surface area contributed by atoms with Crippen LogP contribution in [0.25, 0.3) is 0 Å². The first-order valence-electron chi connectivity index (χ1n) is 5.41. The number of nitrogens with zero attached hydrogens (tertiary/aromatic N) is 3. The Morgan fingerprint density at radius 1 is 1.44 bits per heavy atom. The summed E-state index contributed by atoms with van der Waals surface area (Å²) in [6.07, 6.45) is 2.92. The highest BCUT2D eigenvalue weighted by atomic mass is 32.2. The molecule has 18 heavy (non-hydrogen) atoms. The van der Waals surface area contributed by atoms with Crippen LogP contribution in [-0.4, -0.2) is 23.0 Å². The van der Waals surface area contributed by atoms with E-state index in [9.17, 15) is 8.42 Å². The first kappa shape index (κ1) is 12.6. The van der Waals surface area contributed by atoms with Crippen molar-refractivity contribution in [3.05, 3.63) is 24.0 Å². The van der Waals surface area contributed by atoms with Crippen LogP contribution in [0.15, 0.2) is 21.8 Å². The molecular weight excluding hydrogens is 256 g/mol. The number of sulfonamides is 1. The van der Waals surface area contributed by atoms with E-state index in [0.717, 1.165) is 0 Å². The highest BCUT2D eigenvalue weighted by Crippen LogP contribution is 2.15. The van der Waals surface area contributed by atoms with Gasteiger partial charge >= 0.3 is 6.01 Å². The van der Waals surface area contributed by atoms with Gasteiger partial charge in [0.25, 0.3) is 10.0 Å². The van der Waals surface area contributed by atoms with Crippen LogP contribution in [0.5, 0.6) is 0 Å². The van der Waals surface area contributed by atoms with Crippen LogP contribution in [0.2, 0.25) is 0 Å². The van der Waals surface area contributed by atoms with Crippen molar-refractivity contribution in [1.82, 2.24) is 14.5 Å². The fraction of sp³-hybridized carbons (Fsp3) is 0.400. The Bertz CT molecular complexity index is 656. The molecule has 0 radical (unpaired) electrons. The van der Waals surface area contributed by atoms with Gasteiger partial charge in [-0.15, -0.1) is 0 Å². The lowest BCUT2D eigenvalue weighted by Gasteiger charge is -2.00.